The van der Waals surface area contributed by atoms with Crippen LogP contribution in [-0.4, -0.2) is 20.0 Å². The Morgan fingerprint density at radius 1 is 1.53 bits per heavy atom. The first-order chi connectivity index (χ1) is 8.18. The van der Waals surface area contributed by atoms with Crippen LogP contribution in [0.1, 0.15) is 5.82 Å². The predicted molar refractivity (Wildman–Crippen MR) is 57.5 cm³/mol. The van der Waals surface area contributed by atoms with Crippen molar-refractivity contribution in [1.29, 1.82) is 0 Å². The van der Waals surface area contributed by atoms with Gasteiger partial charge in [-0.15, -0.1) is 0 Å². The van der Waals surface area contributed by atoms with Crippen LogP contribution in [0.15, 0.2) is 23.3 Å². The molecule has 0 aliphatic carbocycles. The van der Waals surface area contributed by atoms with Crippen molar-refractivity contribution in [3.8, 4) is 0 Å². The monoisotopic (exact) mass is 255 g/mol. The first-order valence-corrected chi connectivity index (χ1v) is 4.83. The Hall–Kier alpha value is -2.22. The lowest BCUT2D eigenvalue weighted by atomic mass is 10.3. The average molecular weight is 256 g/mol. The zero-order valence-corrected chi connectivity index (χ0v) is 9.09. The van der Waals surface area contributed by atoms with E-state index in [1.165, 1.54) is 12.6 Å². The molecule has 8 nitrogen and oxygen atoms in total. The third kappa shape index (κ3) is 2.48. The van der Waals surface area contributed by atoms with Crippen LogP contribution in [0.25, 0.3) is 0 Å². The SMILES string of the molecule is O=[N+]([O-])c1cncc(Cl)c1NCc1ncon1. The summed E-state index contributed by atoms with van der Waals surface area (Å²) >= 11 is 5.82. The normalized spacial score (nSPS) is 10.2. The van der Waals surface area contributed by atoms with E-state index < -0.39 is 4.92 Å². The van der Waals surface area contributed by atoms with Crippen molar-refractivity contribution in [3.05, 3.63) is 39.7 Å². The molecule has 2 aromatic heterocycles. The van der Waals surface area contributed by atoms with Gasteiger partial charge in [0.2, 0.25) is 6.39 Å². The maximum Gasteiger partial charge on any atom is 0.311 e. The van der Waals surface area contributed by atoms with Gasteiger partial charge >= 0.3 is 5.69 Å². The summed E-state index contributed by atoms with van der Waals surface area (Å²) in [6, 6.07) is 0. The highest BCUT2D eigenvalue weighted by Crippen LogP contribution is 2.30. The minimum atomic E-state index is -0.572. The molecule has 0 spiro atoms. The zero-order chi connectivity index (χ0) is 12.3. The number of rotatable bonds is 4. The van der Waals surface area contributed by atoms with Crippen LogP contribution in [0.2, 0.25) is 5.02 Å². The van der Waals surface area contributed by atoms with Crippen LogP contribution in [0.4, 0.5) is 11.4 Å². The number of nitrogens with zero attached hydrogens (tertiary/aromatic N) is 4. The number of nitrogens with one attached hydrogen (secondary N) is 1. The summed E-state index contributed by atoms with van der Waals surface area (Å²) in [6.45, 7) is 0.168. The zero-order valence-electron chi connectivity index (χ0n) is 8.33. The Kier molecular flexibility index (Phi) is 3.15. The molecule has 0 amide bonds. The van der Waals surface area contributed by atoms with E-state index in [1.54, 1.807) is 0 Å². The third-order valence-corrected chi connectivity index (χ3v) is 2.19. The van der Waals surface area contributed by atoms with Crippen molar-refractivity contribution < 1.29 is 9.45 Å². The van der Waals surface area contributed by atoms with Crippen LogP contribution in [-0.2, 0) is 6.54 Å². The van der Waals surface area contributed by atoms with E-state index in [2.05, 4.69) is 25.0 Å². The number of pyridine rings is 1. The number of anilines is 1. The van der Waals surface area contributed by atoms with Crippen molar-refractivity contribution >= 4 is 23.0 Å². The Morgan fingerprint density at radius 2 is 2.35 bits per heavy atom. The molecule has 2 heterocycles. The van der Waals surface area contributed by atoms with Crippen molar-refractivity contribution in [2.45, 2.75) is 6.54 Å². The highest BCUT2D eigenvalue weighted by molar-refractivity contribution is 6.33. The molecule has 0 saturated heterocycles. The smallest absolute Gasteiger partial charge is 0.311 e. The van der Waals surface area contributed by atoms with Crippen LogP contribution < -0.4 is 5.32 Å². The standard InChI is InChI=1S/C8H6ClN5O3/c9-5-1-10-2-6(14(15)16)8(5)11-3-7-12-4-17-13-7/h1-2,4H,3H2,(H,10,11). The average Bonchev–Trinajstić information content (AvgIpc) is 2.80. The second-order valence-electron chi connectivity index (χ2n) is 2.97. The van der Waals surface area contributed by atoms with Gasteiger partial charge in [0.15, 0.2) is 5.82 Å². The predicted octanol–water partition coefficient (Wildman–Crippen LogP) is 1.64. The van der Waals surface area contributed by atoms with Gasteiger partial charge in [-0.2, -0.15) is 4.98 Å². The summed E-state index contributed by atoms with van der Waals surface area (Å²) in [5.41, 5.74) is -0.0301. The summed E-state index contributed by atoms with van der Waals surface area (Å²) < 4.78 is 4.53. The number of nitro groups is 1. The maximum absolute atomic E-state index is 10.8. The fourth-order valence-corrected chi connectivity index (χ4v) is 1.40. The van der Waals surface area contributed by atoms with Crippen LogP contribution in [0, 0.1) is 10.1 Å². The first kappa shape index (κ1) is 11.3. The first-order valence-electron chi connectivity index (χ1n) is 4.45. The van der Waals surface area contributed by atoms with Gasteiger partial charge in [-0.1, -0.05) is 16.8 Å². The molecule has 0 radical (unpaired) electrons. The number of halogens is 1. The van der Waals surface area contributed by atoms with Crippen LogP contribution in [0.3, 0.4) is 0 Å². The van der Waals surface area contributed by atoms with E-state index in [4.69, 9.17) is 11.6 Å². The van der Waals surface area contributed by atoms with Crippen molar-refractivity contribution in [2.75, 3.05) is 5.32 Å². The van der Waals surface area contributed by atoms with Gasteiger partial charge in [-0.05, 0) is 0 Å². The number of aromatic nitrogens is 3. The molecule has 0 aliphatic rings. The van der Waals surface area contributed by atoms with Crippen molar-refractivity contribution in [2.24, 2.45) is 0 Å². The molecular formula is C8H6ClN5O3. The minimum absolute atomic E-state index is 0.155. The van der Waals surface area contributed by atoms with E-state index in [0.717, 1.165) is 6.20 Å². The van der Waals surface area contributed by atoms with Gasteiger partial charge in [0.1, 0.15) is 11.9 Å². The second-order valence-corrected chi connectivity index (χ2v) is 3.38. The van der Waals surface area contributed by atoms with Crippen LogP contribution in [0.5, 0.6) is 0 Å². The molecule has 1 N–H and O–H groups in total. The molecule has 0 fully saturated rings. The van der Waals surface area contributed by atoms with Gasteiger partial charge in [0, 0.05) is 6.20 Å². The largest absolute Gasteiger partial charge is 0.371 e. The Labute approximate surface area is 99.8 Å². The molecule has 0 bridgehead atoms. The lowest BCUT2D eigenvalue weighted by Crippen LogP contribution is -2.05. The highest BCUT2D eigenvalue weighted by Gasteiger charge is 2.17. The maximum atomic E-state index is 10.8. The van der Waals surface area contributed by atoms with Gasteiger partial charge in [0.05, 0.1) is 16.5 Å². The molecule has 0 aromatic carbocycles. The molecule has 0 unspecified atom stereocenters. The number of hydrogen-bond donors (Lipinski definition) is 1. The minimum Gasteiger partial charge on any atom is -0.371 e. The Morgan fingerprint density at radius 3 is 3.00 bits per heavy atom. The number of hydrogen-bond acceptors (Lipinski definition) is 7. The summed E-state index contributed by atoms with van der Waals surface area (Å²) in [4.78, 5) is 17.6. The van der Waals surface area contributed by atoms with E-state index >= 15 is 0 Å². The lowest BCUT2D eigenvalue weighted by Gasteiger charge is -2.05. The molecule has 9 heteroatoms. The van der Waals surface area contributed by atoms with Crippen molar-refractivity contribution in [3.63, 3.8) is 0 Å². The van der Waals surface area contributed by atoms with Gasteiger partial charge in [-0.3, -0.25) is 15.1 Å². The molecule has 0 saturated carbocycles. The summed E-state index contributed by atoms with van der Waals surface area (Å²) in [6.07, 6.45) is 3.59. The van der Waals surface area contributed by atoms with Crippen molar-refractivity contribution in [1.82, 2.24) is 15.1 Å². The summed E-state index contributed by atoms with van der Waals surface area (Å²) in [5, 5.41) is 17.2. The fraction of sp³-hybridized carbons (Fsp3) is 0.125. The molecular weight excluding hydrogens is 250 g/mol. The fourth-order valence-electron chi connectivity index (χ4n) is 1.18. The van der Waals surface area contributed by atoms with E-state index in [-0.39, 0.29) is 22.9 Å². The Bertz CT molecular complexity index is 530. The third-order valence-electron chi connectivity index (χ3n) is 1.91. The summed E-state index contributed by atoms with van der Waals surface area (Å²) in [7, 11) is 0. The van der Waals surface area contributed by atoms with E-state index in [0.29, 0.717) is 5.82 Å². The second kappa shape index (κ2) is 4.74. The van der Waals surface area contributed by atoms with Gasteiger partial charge < -0.3 is 9.84 Å². The van der Waals surface area contributed by atoms with Gasteiger partial charge in [0.25, 0.3) is 0 Å². The Balaban J connectivity index is 2.22. The van der Waals surface area contributed by atoms with Gasteiger partial charge in [-0.25, -0.2) is 0 Å². The van der Waals surface area contributed by atoms with E-state index in [1.807, 2.05) is 0 Å². The van der Waals surface area contributed by atoms with Crippen LogP contribution >= 0.6 is 11.6 Å². The molecule has 0 aliphatic heterocycles. The molecule has 2 rings (SSSR count). The molecule has 2 aromatic rings. The molecule has 88 valence electrons. The topological polar surface area (TPSA) is 107 Å². The summed E-state index contributed by atoms with van der Waals surface area (Å²) in [5.74, 6) is 0.368. The molecule has 0 atom stereocenters. The quantitative estimate of drug-likeness (QED) is 0.653. The lowest BCUT2D eigenvalue weighted by molar-refractivity contribution is -0.384. The highest BCUT2D eigenvalue weighted by atomic mass is 35.5. The molecule has 17 heavy (non-hydrogen) atoms. The van der Waals surface area contributed by atoms with E-state index in [9.17, 15) is 10.1 Å².